The van der Waals surface area contributed by atoms with Crippen molar-refractivity contribution < 1.29 is 13.9 Å². The third-order valence-corrected chi connectivity index (χ3v) is 3.09. The second-order valence-electron chi connectivity index (χ2n) is 5.21. The SMILES string of the molecule is CN(C)c1cnnc(NCCNC(=O)COc2ccc(F)cc2)c1. The molecule has 0 unspecified atom stereocenters. The van der Waals surface area contributed by atoms with Gasteiger partial charge in [0.05, 0.1) is 11.9 Å². The lowest BCUT2D eigenvalue weighted by Crippen LogP contribution is -2.32. The molecule has 0 saturated heterocycles. The highest BCUT2D eigenvalue weighted by Gasteiger charge is 2.03. The molecule has 0 aliphatic rings. The van der Waals surface area contributed by atoms with Crippen molar-refractivity contribution in [2.45, 2.75) is 0 Å². The number of hydrogen-bond acceptors (Lipinski definition) is 6. The zero-order chi connectivity index (χ0) is 17.4. The molecule has 2 rings (SSSR count). The molecule has 1 heterocycles. The quantitative estimate of drug-likeness (QED) is 0.709. The first kappa shape index (κ1) is 17.5. The van der Waals surface area contributed by atoms with Crippen LogP contribution in [-0.2, 0) is 4.79 Å². The van der Waals surface area contributed by atoms with E-state index in [0.717, 1.165) is 5.69 Å². The van der Waals surface area contributed by atoms with Gasteiger partial charge in [0.15, 0.2) is 12.4 Å². The number of carbonyl (C=O) groups is 1. The number of nitrogens with zero attached hydrogens (tertiary/aromatic N) is 3. The molecule has 24 heavy (non-hydrogen) atoms. The molecular formula is C16H20FN5O2. The minimum atomic E-state index is -0.348. The molecule has 0 radical (unpaired) electrons. The zero-order valence-corrected chi connectivity index (χ0v) is 13.6. The first-order valence-corrected chi connectivity index (χ1v) is 7.43. The Morgan fingerprint density at radius 2 is 2.00 bits per heavy atom. The van der Waals surface area contributed by atoms with Crippen molar-refractivity contribution in [3.8, 4) is 5.75 Å². The number of benzene rings is 1. The third kappa shape index (κ3) is 5.71. The van der Waals surface area contributed by atoms with Crippen molar-refractivity contribution >= 4 is 17.4 Å². The summed E-state index contributed by atoms with van der Waals surface area (Å²) in [6.07, 6.45) is 1.67. The lowest BCUT2D eigenvalue weighted by Gasteiger charge is -2.13. The number of nitrogens with one attached hydrogen (secondary N) is 2. The lowest BCUT2D eigenvalue weighted by atomic mass is 10.3. The summed E-state index contributed by atoms with van der Waals surface area (Å²) in [6, 6.07) is 7.37. The molecule has 1 aromatic heterocycles. The number of ether oxygens (including phenoxy) is 1. The first-order valence-electron chi connectivity index (χ1n) is 7.43. The monoisotopic (exact) mass is 333 g/mol. The highest BCUT2D eigenvalue weighted by atomic mass is 19.1. The van der Waals surface area contributed by atoms with Crippen LogP contribution in [0.4, 0.5) is 15.9 Å². The first-order chi connectivity index (χ1) is 11.5. The molecule has 0 aliphatic carbocycles. The van der Waals surface area contributed by atoms with Gasteiger partial charge in [-0.05, 0) is 24.3 Å². The molecule has 7 nitrogen and oxygen atoms in total. The van der Waals surface area contributed by atoms with Crippen LogP contribution in [0, 0.1) is 5.82 Å². The number of hydrogen-bond donors (Lipinski definition) is 2. The smallest absolute Gasteiger partial charge is 0.258 e. The molecule has 128 valence electrons. The topological polar surface area (TPSA) is 79.4 Å². The van der Waals surface area contributed by atoms with Crippen LogP contribution in [0.1, 0.15) is 0 Å². The number of aromatic nitrogens is 2. The van der Waals surface area contributed by atoms with Gasteiger partial charge in [0.25, 0.3) is 5.91 Å². The highest BCUT2D eigenvalue weighted by molar-refractivity contribution is 5.77. The van der Waals surface area contributed by atoms with Crippen molar-refractivity contribution in [3.05, 3.63) is 42.3 Å². The molecule has 8 heteroatoms. The van der Waals surface area contributed by atoms with E-state index < -0.39 is 0 Å². The Balaban J connectivity index is 1.65. The Bertz CT molecular complexity index is 664. The van der Waals surface area contributed by atoms with E-state index in [0.29, 0.717) is 24.7 Å². The molecule has 2 aromatic rings. The summed E-state index contributed by atoms with van der Waals surface area (Å²) < 4.78 is 18.0. The van der Waals surface area contributed by atoms with Crippen molar-refractivity contribution in [1.82, 2.24) is 15.5 Å². The third-order valence-electron chi connectivity index (χ3n) is 3.09. The molecule has 0 spiro atoms. The Morgan fingerprint density at radius 3 is 2.71 bits per heavy atom. The van der Waals surface area contributed by atoms with Gasteiger partial charge in [-0.25, -0.2) is 4.39 Å². The highest BCUT2D eigenvalue weighted by Crippen LogP contribution is 2.12. The minimum absolute atomic E-state index is 0.123. The van der Waals surface area contributed by atoms with Gasteiger partial charge in [-0.15, -0.1) is 5.10 Å². The molecular weight excluding hydrogens is 313 g/mol. The number of rotatable bonds is 8. The summed E-state index contributed by atoms with van der Waals surface area (Å²) in [5.74, 6) is 0.479. The van der Waals surface area contributed by atoms with E-state index in [-0.39, 0.29) is 18.3 Å². The van der Waals surface area contributed by atoms with Crippen LogP contribution < -0.4 is 20.3 Å². The molecule has 0 aliphatic heterocycles. The van der Waals surface area contributed by atoms with Crippen LogP contribution in [-0.4, -0.2) is 49.9 Å². The molecule has 1 aromatic carbocycles. The second-order valence-corrected chi connectivity index (χ2v) is 5.21. The molecule has 1 amide bonds. The summed E-state index contributed by atoms with van der Waals surface area (Å²) in [5, 5.41) is 13.7. The second kappa shape index (κ2) is 8.66. The predicted octanol–water partition coefficient (Wildman–Crippen LogP) is 1.29. The standard InChI is InChI=1S/C16H20FN5O2/c1-22(2)13-9-15(21-20-10-13)18-7-8-19-16(23)11-24-14-5-3-12(17)4-6-14/h3-6,9-10H,7-8,11H2,1-2H3,(H,18,21)(H,19,23). The summed E-state index contributed by atoms with van der Waals surface area (Å²) in [7, 11) is 3.84. The van der Waals surface area contributed by atoms with Gasteiger partial charge in [-0.2, -0.15) is 5.10 Å². The van der Waals surface area contributed by atoms with Gasteiger partial charge in [-0.1, -0.05) is 0 Å². The molecule has 2 N–H and O–H groups in total. The number of carbonyl (C=O) groups excluding carboxylic acids is 1. The van der Waals surface area contributed by atoms with Gasteiger partial charge in [0.2, 0.25) is 0 Å². The Kier molecular flexibility index (Phi) is 6.30. The van der Waals surface area contributed by atoms with Gasteiger partial charge in [0.1, 0.15) is 11.6 Å². The van der Waals surface area contributed by atoms with E-state index in [2.05, 4.69) is 20.8 Å². The Hall–Kier alpha value is -2.90. The van der Waals surface area contributed by atoms with Crippen LogP contribution in [0.25, 0.3) is 0 Å². The van der Waals surface area contributed by atoms with Crippen molar-refractivity contribution in [2.75, 3.05) is 44.0 Å². The van der Waals surface area contributed by atoms with Gasteiger partial charge in [0, 0.05) is 33.3 Å². The summed E-state index contributed by atoms with van der Waals surface area (Å²) >= 11 is 0. The molecule has 0 fully saturated rings. The Morgan fingerprint density at radius 1 is 1.25 bits per heavy atom. The average molecular weight is 333 g/mol. The maximum atomic E-state index is 12.7. The normalized spacial score (nSPS) is 10.1. The molecule has 0 saturated carbocycles. The van der Waals surface area contributed by atoms with E-state index in [9.17, 15) is 9.18 Å². The van der Waals surface area contributed by atoms with Crippen molar-refractivity contribution in [1.29, 1.82) is 0 Å². The largest absolute Gasteiger partial charge is 0.484 e. The number of anilines is 2. The van der Waals surface area contributed by atoms with Crippen molar-refractivity contribution in [3.63, 3.8) is 0 Å². The van der Waals surface area contributed by atoms with Crippen LogP contribution in [0.2, 0.25) is 0 Å². The van der Waals surface area contributed by atoms with E-state index >= 15 is 0 Å². The fourth-order valence-corrected chi connectivity index (χ4v) is 1.81. The maximum absolute atomic E-state index is 12.7. The predicted molar refractivity (Wildman–Crippen MR) is 89.8 cm³/mol. The average Bonchev–Trinajstić information content (AvgIpc) is 2.58. The van der Waals surface area contributed by atoms with E-state index in [4.69, 9.17) is 4.74 Å². The summed E-state index contributed by atoms with van der Waals surface area (Å²) in [4.78, 5) is 13.6. The van der Waals surface area contributed by atoms with Crippen LogP contribution in [0.15, 0.2) is 36.5 Å². The van der Waals surface area contributed by atoms with Gasteiger partial charge in [-0.3, -0.25) is 4.79 Å². The van der Waals surface area contributed by atoms with Gasteiger partial charge >= 0.3 is 0 Å². The number of amides is 1. The Labute approximate surface area is 139 Å². The van der Waals surface area contributed by atoms with E-state index in [1.165, 1.54) is 24.3 Å². The van der Waals surface area contributed by atoms with E-state index in [1.54, 1.807) is 6.20 Å². The van der Waals surface area contributed by atoms with E-state index in [1.807, 2.05) is 25.1 Å². The van der Waals surface area contributed by atoms with Crippen molar-refractivity contribution in [2.24, 2.45) is 0 Å². The molecule has 0 bridgehead atoms. The van der Waals surface area contributed by atoms with Crippen LogP contribution in [0.5, 0.6) is 5.75 Å². The minimum Gasteiger partial charge on any atom is -0.484 e. The van der Waals surface area contributed by atoms with Crippen LogP contribution in [0.3, 0.4) is 0 Å². The fourth-order valence-electron chi connectivity index (χ4n) is 1.81. The fraction of sp³-hybridized carbons (Fsp3) is 0.312. The zero-order valence-electron chi connectivity index (χ0n) is 13.6. The van der Waals surface area contributed by atoms with Crippen LogP contribution >= 0.6 is 0 Å². The number of halogens is 1. The summed E-state index contributed by atoms with van der Waals surface area (Å²) in [6.45, 7) is 0.800. The maximum Gasteiger partial charge on any atom is 0.258 e. The lowest BCUT2D eigenvalue weighted by molar-refractivity contribution is -0.123. The molecule has 0 atom stereocenters. The summed E-state index contributed by atoms with van der Waals surface area (Å²) in [5.41, 5.74) is 0.934. The van der Waals surface area contributed by atoms with Gasteiger partial charge < -0.3 is 20.3 Å².